The molecule has 3 rings (SSSR count). The molecule has 0 spiro atoms. The van der Waals surface area contributed by atoms with Crippen LogP contribution in [0.2, 0.25) is 0 Å². The first-order chi connectivity index (χ1) is 12.4. The van der Waals surface area contributed by atoms with Gasteiger partial charge in [0.1, 0.15) is 0 Å². The number of benzene rings is 3. The molecule has 3 aromatic rings. The molecule has 3 aromatic carbocycles. The van der Waals surface area contributed by atoms with E-state index in [0.29, 0.717) is 0 Å². The second-order valence-electron chi connectivity index (χ2n) is 8.06. The molecule has 0 aliphatic rings. The highest BCUT2D eigenvalue weighted by Crippen LogP contribution is 2.34. The summed E-state index contributed by atoms with van der Waals surface area (Å²) >= 11 is 0. The van der Waals surface area contributed by atoms with Crippen LogP contribution in [0.15, 0.2) is 66.7 Å². The van der Waals surface area contributed by atoms with Crippen LogP contribution in [0.4, 0.5) is 0 Å². The Labute approximate surface area is 158 Å². The molecular weight excluding hydrogens is 312 g/mol. The van der Waals surface area contributed by atoms with Crippen molar-refractivity contribution in [2.45, 2.75) is 52.9 Å². The normalized spacial score (nSPS) is 11.6. The maximum atomic E-state index is 2.42. The van der Waals surface area contributed by atoms with Crippen molar-refractivity contribution in [2.75, 3.05) is 0 Å². The number of aryl methyl sites for hydroxylation is 1. The van der Waals surface area contributed by atoms with E-state index < -0.39 is 0 Å². The van der Waals surface area contributed by atoms with Crippen molar-refractivity contribution in [1.29, 1.82) is 0 Å². The van der Waals surface area contributed by atoms with Crippen molar-refractivity contribution in [2.24, 2.45) is 0 Å². The quantitative estimate of drug-likeness (QED) is 0.462. The molecule has 0 aliphatic carbocycles. The third kappa shape index (κ3) is 3.75. The van der Waals surface area contributed by atoms with Crippen LogP contribution in [-0.2, 0) is 18.3 Å². The first-order valence-corrected chi connectivity index (χ1v) is 9.76. The molecular formula is C26H30. The molecule has 0 unspecified atom stereocenters. The lowest BCUT2D eigenvalue weighted by Gasteiger charge is -2.24. The smallest absolute Gasteiger partial charge is 0.0132 e. The van der Waals surface area contributed by atoms with Crippen LogP contribution >= 0.6 is 0 Å². The second kappa shape index (κ2) is 7.50. The average molecular weight is 343 g/mol. The SMILES string of the molecule is CCc1cc(C(C)(C)C)cc(-c2ccc(-c3ccccc3)cc2)c1CC. The van der Waals surface area contributed by atoms with Crippen LogP contribution in [0.5, 0.6) is 0 Å². The third-order valence-corrected chi connectivity index (χ3v) is 5.25. The summed E-state index contributed by atoms with van der Waals surface area (Å²) < 4.78 is 0. The summed E-state index contributed by atoms with van der Waals surface area (Å²) in [6, 6.07) is 24.5. The lowest BCUT2D eigenvalue weighted by molar-refractivity contribution is 0.589. The molecule has 0 amide bonds. The lowest BCUT2D eigenvalue weighted by Crippen LogP contribution is -2.13. The van der Waals surface area contributed by atoms with Gasteiger partial charge < -0.3 is 0 Å². The summed E-state index contributed by atoms with van der Waals surface area (Å²) in [6.07, 6.45) is 2.16. The standard InChI is InChI=1S/C26H30/c1-6-19-17-23(26(3,4)5)18-25(24(19)7-2)22-15-13-21(14-16-22)20-11-9-8-10-12-20/h8-18H,6-7H2,1-5H3. The van der Waals surface area contributed by atoms with Crippen LogP contribution in [-0.4, -0.2) is 0 Å². The minimum absolute atomic E-state index is 0.162. The number of hydrogen-bond acceptors (Lipinski definition) is 0. The third-order valence-electron chi connectivity index (χ3n) is 5.25. The highest BCUT2D eigenvalue weighted by Gasteiger charge is 2.18. The molecule has 26 heavy (non-hydrogen) atoms. The van der Waals surface area contributed by atoms with Crippen LogP contribution < -0.4 is 0 Å². The van der Waals surface area contributed by atoms with E-state index in [2.05, 4.69) is 101 Å². The van der Waals surface area contributed by atoms with E-state index in [-0.39, 0.29) is 5.41 Å². The van der Waals surface area contributed by atoms with Crippen molar-refractivity contribution in [3.63, 3.8) is 0 Å². The zero-order valence-corrected chi connectivity index (χ0v) is 16.8. The molecule has 0 heteroatoms. The summed E-state index contributed by atoms with van der Waals surface area (Å²) in [4.78, 5) is 0. The van der Waals surface area contributed by atoms with Crippen LogP contribution in [0.25, 0.3) is 22.3 Å². The van der Waals surface area contributed by atoms with Crippen molar-refractivity contribution in [3.05, 3.63) is 83.4 Å². The fourth-order valence-electron chi connectivity index (χ4n) is 3.63. The van der Waals surface area contributed by atoms with Gasteiger partial charge in [-0.15, -0.1) is 0 Å². The van der Waals surface area contributed by atoms with Crippen LogP contribution in [0, 0.1) is 0 Å². The summed E-state index contributed by atoms with van der Waals surface area (Å²) in [5.41, 5.74) is 9.83. The van der Waals surface area contributed by atoms with Gasteiger partial charge >= 0.3 is 0 Å². The van der Waals surface area contributed by atoms with Crippen molar-refractivity contribution in [1.82, 2.24) is 0 Å². The second-order valence-corrected chi connectivity index (χ2v) is 8.06. The molecule has 0 aromatic heterocycles. The van der Waals surface area contributed by atoms with Gasteiger partial charge in [0.05, 0.1) is 0 Å². The fraction of sp³-hybridized carbons (Fsp3) is 0.308. The first kappa shape index (κ1) is 18.5. The molecule has 0 nitrogen and oxygen atoms in total. The van der Waals surface area contributed by atoms with Crippen molar-refractivity contribution >= 4 is 0 Å². The van der Waals surface area contributed by atoms with Gasteiger partial charge in [0.25, 0.3) is 0 Å². The van der Waals surface area contributed by atoms with E-state index in [9.17, 15) is 0 Å². The van der Waals surface area contributed by atoms with Crippen molar-refractivity contribution < 1.29 is 0 Å². The molecule has 0 saturated heterocycles. The zero-order chi connectivity index (χ0) is 18.7. The van der Waals surface area contributed by atoms with Gasteiger partial charge in [-0.3, -0.25) is 0 Å². The van der Waals surface area contributed by atoms with Gasteiger partial charge in [0.2, 0.25) is 0 Å². The lowest BCUT2D eigenvalue weighted by atomic mass is 9.81. The Kier molecular flexibility index (Phi) is 5.32. The average Bonchev–Trinajstić information content (AvgIpc) is 2.67. The molecule has 0 bridgehead atoms. The van der Waals surface area contributed by atoms with E-state index >= 15 is 0 Å². The van der Waals surface area contributed by atoms with E-state index in [1.165, 1.54) is 38.9 Å². The van der Waals surface area contributed by atoms with Gasteiger partial charge in [-0.1, -0.05) is 101 Å². The molecule has 0 heterocycles. The maximum Gasteiger partial charge on any atom is -0.0132 e. The maximum absolute atomic E-state index is 2.42. The minimum Gasteiger partial charge on any atom is -0.0622 e. The molecule has 0 saturated carbocycles. The summed E-state index contributed by atoms with van der Waals surface area (Å²) in [7, 11) is 0. The molecule has 0 radical (unpaired) electrons. The predicted octanol–water partition coefficient (Wildman–Crippen LogP) is 7.44. The molecule has 0 N–H and O–H groups in total. The highest BCUT2D eigenvalue weighted by molar-refractivity contribution is 5.74. The Bertz CT molecular complexity index is 862. The van der Waals surface area contributed by atoms with Crippen LogP contribution in [0.3, 0.4) is 0 Å². The largest absolute Gasteiger partial charge is 0.0622 e. The topological polar surface area (TPSA) is 0 Å². The van der Waals surface area contributed by atoms with Gasteiger partial charge in [-0.05, 0) is 57.2 Å². The summed E-state index contributed by atoms with van der Waals surface area (Å²) in [5, 5.41) is 0. The minimum atomic E-state index is 0.162. The highest BCUT2D eigenvalue weighted by atomic mass is 14.2. The van der Waals surface area contributed by atoms with E-state index in [0.717, 1.165) is 12.8 Å². The predicted molar refractivity (Wildman–Crippen MR) is 115 cm³/mol. The van der Waals surface area contributed by atoms with E-state index in [1.807, 2.05) is 0 Å². The monoisotopic (exact) mass is 342 g/mol. The van der Waals surface area contributed by atoms with Gasteiger partial charge in [-0.25, -0.2) is 0 Å². The Morgan fingerprint density at radius 3 is 1.77 bits per heavy atom. The molecule has 134 valence electrons. The Balaban J connectivity index is 2.10. The Hall–Kier alpha value is -2.34. The Morgan fingerprint density at radius 1 is 0.654 bits per heavy atom. The van der Waals surface area contributed by atoms with Crippen molar-refractivity contribution in [3.8, 4) is 22.3 Å². The van der Waals surface area contributed by atoms with E-state index in [1.54, 1.807) is 0 Å². The van der Waals surface area contributed by atoms with Gasteiger partial charge in [-0.2, -0.15) is 0 Å². The zero-order valence-electron chi connectivity index (χ0n) is 16.8. The summed E-state index contributed by atoms with van der Waals surface area (Å²) in [5.74, 6) is 0. The fourth-order valence-corrected chi connectivity index (χ4v) is 3.63. The van der Waals surface area contributed by atoms with Gasteiger partial charge in [0, 0.05) is 0 Å². The first-order valence-electron chi connectivity index (χ1n) is 9.76. The molecule has 0 aliphatic heterocycles. The van der Waals surface area contributed by atoms with Gasteiger partial charge in [0.15, 0.2) is 0 Å². The number of hydrogen-bond donors (Lipinski definition) is 0. The molecule has 0 atom stereocenters. The molecule has 0 fully saturated rings. The van der Waals surface area contributed by atoms with E-state index in [4.69, 9.17) is 0 Å². The number of rotatable bonds is 4. The van der Waals surface area contributed by atoms with Crippen LogP contribution in [0.1, 0.15) is 51.3 Å². The Morgan fingerprint density at radius 2 is 1.23 bits per heavy atom. The summed E-state index contributed by atoms with van der Waals surface area (Å²) in [6.45, 7) is 11.4.